The maximum atomic E-state index is 12.3. The summed E-state index contributed by atoms with van der Waals surface area (Å²) in [5.41, 5.74) is 3.62. The van der Waals surface area contributed by atoms with Crippen molar-refractivity contribution in [2.75, 3.05) is 11.1 Å². The number of carbonyl (C=O) groups is 1. The molecule has 3 rings (SSSR count). The number of nitrogens with zero attached hydrogens (tertiary/aromatic N) is 2. The molecule has 1 aromatic heterocycles. The third kappa shape index (κ3) is 4.95. The van der Waals surface area contributed by atoms with E-state index in [4.69, 9.17) is 0 Å². The van der Waals surface area contributed by atoms with E-state index in [1.54, 1.807) is 0 Å². The van der Waals surface area contributed by atoms with E-state index in [0.717, 1.165) is 40.1 Å². The molecule has 4 nitrogen and oxygen atoms in total. The van der Waals surface area contributed by atoms with Crippen LogP contribution in [0.3, 0.4) is 0 Å². The number of carbonyl (C=O) groups excluding carboxylic acids is 1. The molecule has 0 unspecified atom stereocenters. The van der Waals surface area contributed by atoms with E-state index in [1.165, 1.54) is 23.3 Å². The molecule has 0 saturated carbocycles. The van der Waals surface area contributed by atoms with E-state index in [2.05, 4.69) is 62.7 Å². The highest BCUT2D eigenvalue weighted by Gasteiger charge is 2.16. The molecule has 0 aliphatic carbocycles. The van der Waals surface area contributed by atoms with E-state index in [1.807, 2.05) is 43.3 Å². The van der Waals surface area contributed by atoms with Crippen LogP contribution in [-0.2, 0) is 4.79 Å². The average molecular weight is 578 g/mol. The summed E-state index contributed by atoms with van der Waals surface area (Å²) in [6, 6.07) is 11.7. The molecule has 2 aromatic carbocycles. The molecule has 1 N–H and O–H groups in total. The van der Waals surface area contributed by atoms with Gasteiger partial charge in [0.1, 0.15) is 9.90 Å². The van der Waals surface area contributed by atoms with Gasteiger partial charge in [-0.15, -0.1) is 16.9 Å². The van der Waals surface area contributed by atoms with Crippen LogP contribution in [0.1, 0.15) is 5.56 Å². The fraction of sp³-hybridized carbons (Fsp3) is 0.118. The SMILES string of the molecule is Cc1ccc(NC(=O)CSc2snnc2-c2ccc(Br)cc2Br)c(Br)c1. The van der Waals surface area contributed by atoms with Crippen molar-refractivity contribution in [3.05, 3.63) is 55.4 Å². The topological polar surface area (TPSA) is 54.9 Å². The summed E-state index contributed by atoms with van der Waals surface area (Å²) in [6.07, 6.45) is 0. The van der Waals surface area contributed by atoms with Crippen molar-refractivity contribution in [2.45, 2.75) is 11.1 Å². The first-order chi connectivity index (χ1) is 12.4. The van der Waals surface area contributed by atoms with Crippen LogP contribution >= 0.6 is 71.1 Å². The van der Waals surface area contributed by atoms with Gasteiger partial charge in [0.15, 0.2) is 0 Å². The van der Waals surface area contributed by atoms with E-state index in [0.29, 0.717) is 0 Å². The molecule has 0 spiro atoms. The van der Waals surface area contributed by atoms with Crippen molar-refractivity contribution in [3.63, 3.8) is 0 Å². The molecule has 0 saturated heterocycles. The predicted molar refractivity (Wildman–Crippen MR) is 119 cm³/mol. The Morgan fingerprint density at radius 2 is 1.96 bits per heavy atom. The Kier molecular flexibility index (Phi) is 6.90. The molecule has 9 heteroatoms. The summed E-state index contributed by atoms with van der Waals surface area (Å²) in [5.74, 6) is 0.208. The van der Waals surface area contributed by atoms with E-state index in [9.17, 15) is 4.79 Å². The number of hydrogen-bond acceptors (Lipinski definition) is 5. The molecular weight excluding hydrogens is 566 g/mol. The molecule has 0 atom stereocenters. The molecule has 3 aromatic rings. The fourth-order valence-corrected chi connectivity index (χ4v) is 5.53. The largest absolute Gasteiger partial charge is 0.324 e. The second kappa shape index (κ2) is 8.97. The average Bonchev–Trinajstić information content (AvgIpc) is 3.04. The third-order valence-electron chi connectivity index (χ3n) is 3.38. The van der Waals surface area contributed by atoms with Gasteiger partial charge in [0.25, 0.3) is 0 Å². The van der Waals surface area contributed by atoms with Gasteiger partial charge in [-0.2, -0.15) is 0 Å². The van der Waals surface area contributed by atoms with Crippen LogP contribution in [0.2, 0.25) is 0 Å². The number of halogens is 3. The molecule has 1 amide bonds. The maximum Gasteiger partial charge on any atom is 0.234 e. The van der Waals surface area contributed by atoms with E-state index >= 15 is 0 Å². The number of anilines is 1. The molecule has 1 heterocycles. The Hall–Kier alpha value is -0.740. The lowest BCUT2D eigenvalue weighted by atomic mass is 10.2. The Bertz CT molecular complexity index is 962. The Morgan fingerprint density at radius 3 is 2.69 bits per heavy atom. The van der Waals surface area contributed by atoms with Gasteiger partial charge in [-0.05, 0) is 64.2 Å². The molecule has 0 bridgehead atoms. The molecule has 0 fully saturated rings. The highest BCUT2D eigenvalue weighted by atomic mass is 79.9. The minimum Gasteiger partial charge on any atom is -0.324 e. The van der Waals surface area contributed by atoms with Gasteiger partial charge in [-0.3, -0.25) is 4.79 Å². The van der Waals surface area contributed by atoms with Crippen molar-refractivity contribution in [2.24, 2.45) is 0 Å². The van der Waals surface area contributed by atoms with Crippen molar-refractivity contribution in [1.82, 2.24) is 9.59 Å². The molecule has 0 aliphatic heterocycles. The van der Waals surface area contributed by atoms with Crippen LogP contribution < -0.4 is 5.32 Å². The van der Waals surface area contributed by atoms with Crippen LogP contribution in [0.15, 0.2) is 54.0 Å². The monoisotopic (exact) mass is 575 g/mol. The second-order valence-corrected chi connectivity index (χ2v) is 9.98. The summed E-state index contributed by atoms with van der Waals surface area (Å²) < 4.78 is 7.73. The van der Waals surface area contributed by atoms with Gasteiger partial charge in [0, 0.05) is 19.0 Å². The Balaban J connectivity index is 1.69. The number of benzene rings is 2. The van der Waals surface area contributed by atoms with Crippen molar-refractivity contribution in [1.29, 1.82) is 0 Å². The first-order valence-corrected chi connectivity index (χ1v) is 11.5. The smallest absolute Gasteiger partial charge is 0.234 e. The van der Waals surface area contributed by atoms with Crippen LogP contribution in [0.4, 0.5) is 5.69 Å². The summed E-state index contributed by atoms with van der Waals surface area (Å²) in [7, 11) is 0. The van der Waals surface area contributed by atoms with Crippen LogP contribution in [0.25, 0.3) is 11.3 Å². The third-order valence-corrected chi connectivity index (χ3v) is 7.14. The highest BCUT2D eigenvalue weighted by Crippen LogP contribution is 2.37. The lowest BCUT2D eigenvalue weighted by Crippen LogP contribution is -2.14. The number of aromatic nitrogens is 2. The number of amides is 1. The molecular formula is C17H12Br3N3OS2. The number of thioether (sulfide) groups is 1. The zero-order valence-electron chi connectivity index (χ0n) is 13.4. The summed E-state index contributed by atoms with van der Waals surface area (Å²) in [4.78, 5) is 12.3. The van der Waals surface area contributed by atoms with Gasteiger partial charge >= 0.3 is 0 Å². The zero-order chi connectivity index (χ0) is 18.7. The Labute approximate surface area is 184 Å². The van der Waals surface area contributed by atoms with Gasteiger partial charge in [-0.1, -0.05) is 48.5 Å². The highest BCUT2D eigenvalue weighted by molar-refractivity contribution is 9.11. The fourth-order valence-electron chi connectivity index (χ4n) is 2.16. The standard InChI is InChI=1S/C17H12Br3N3OS2/c1-9-2-5-14(13(20)6-9)21-15(24)8-25-17-16(22-23-26-17)11-4-3-10(18)7-12(11)19/h2-7H,8H2,1H3,(H,21,24). The van der Waals surface area contributed by atoms with Gasteiger partial charge in [-0.25, -0.2) is 0 Å². The van der Waals surface area contributed by atoms with Gasteiger partial charge < -0.3 is 5.32 Å². The van der Waals surface area contributed by atoms with Gasteiger partial charge in [0.2, 0.25) is 5.91 Å². The number of hydrogen-bond donors (Lipinski definition) is 1. The molecule has 26 heavy (non-hydrogen) atoms. The normalized spacial score (nSPS) is 10.8. The van der Waals surface area contributed by atoms with Crippen molar-refractivity contribution in [3.8, 4) is 11.3 Å². The molecule has 0 radical (unpaired) electrons. The van der Waals surface area contributed by atoms with E-state index < -0.39 is 0 Å². The quantitative estimate of drug-likeness (QED) is 0.350. The van der Waals surface area contributed by atoms with E-state index in [-0.39, 0.29) is 11.7 Å². The summed E-state index contributed by atoms with van der Waals surface area (Å²) in [6.45, 7) is 2.00. The molecule has 134 valence electrons. The minimum atomic E-state index is -0.0752. The van der Waals surface area contributed by atoms with Crippen molar-refractivity contribution >= 4 is 82.7 Å². The second-order valence-electron chi connectivity index (χ2n) is 5.35. The predicted octanol–water partition coefficient (Wildman–Crippen LogP) is 6.53. The number of aryl methyl sites for hydroxylation is 1. The van der Waals surface area contributed by atoms with Crippen LogP contribution in [0, 0.1) is 6.92 Å². The minimum absolute atomic E-state index is 0.0752. The van der Waals surface area contributed by atoms with Gasteiger partial charge in [0.05, 0.1) is 11.4 Å². The summed E-state index contributed by atoms with van der Waals surface area (Å²) >= 11 is 13.2. The molecule has 0 aliphatic rings. The summed E-state index contributed by atoms with van der Waals surface area (Å²) in [5, 5.41) is 7.15. The zero-order valence-corrected chi connectivity index (χ0v) is 19.8. The first-order valence-electron chi connectivity index (χ1n) is 7.40. The van der Waals surface area contributed by atoms with Crippen LogP contribution in [-0.4, -0.2) is 21.2 Å². The first kappa shape index (κ1) is 20.0. The number of rotatable bonds is 5. The number of nitrogens with one attached hydrogen (secondary N) is 1. The lowest BCUT2D eigenvalue weighted by Gasteiger charge is -2.08. The Morgan fingerprint density at radius 1 is 1.15 bits per heavy atom. The lowest BCUT2D eigenvalue weighted by molar-refractivity contribution is -0.113. The maximum absolute atomic E-state index is 12.3. The van der Waals surface area contributed by atoms with Crippen molar-refractivity contribution < 1.29 is 4.79 Å². The van der Waals surface area contributed by atoms with Crippen LogP contribution in [0.5, 0.6) is 0 Å².